The molecular formula is C24H20N2O3. The second-order valence-electron chi connectivity index (χ2n) is 7.00. The number of carbonyl (C=O) groups excluding carboxylic acids is 1. The number of carbonyl (C=O) groups is 1. The van der Waals surface area contributed by atoms with Crippen molar-refractivity contribution in [2.45, 2.75) is 20.4 Å². The molecule has 1 amide bonds. The van der Waals surface area contributed by atoms with Crippen molar-refractivity contribution in [3.05, 3.63) is 106 Å². The van der Waals surface area contributed by atoms with Crippen LogP contribution in [0.4, 0.5) is 5.82 Å². The number of benzene rings is 2. The molecule has 29 heavy (non-hydrogen) atoms. The molecule has 144 valence electrons. The minimum absolute atomic E-state index is 0.00367. The fraction of sp³-hybridized carbons (Fsp3) is 0.125. The zero-order valence-electron chi connectivity index (χ0n) is 16.3. The van der Waals surface area contributed by atoms with E-state index in [9.17, 15) is 9.59 Å². The molecule has 0 bridgehead atoms. The highest BCUT2D eigenvalue weighted by atomic mass is 16.3. The van der Waals surface area contributed by atoms with Gasteiger partial charge in [-0.3, -0.25) is 14.5 Å². The largest absolute Gasteiger partial charge is 0.450 e. The van der Waals surface area contributed by atoms with E-state index in [0.29, 0.717) is 23.3 Å². The van der Waals surface area contributed by atoms with Crippen LogP contribution in [-0.4, -0.2) is 10.9 Å². The number of aromatic nitrogens is 1. The quantitative estimate of drug-likeness (QED) is 0.514. The molecule has 0 saturated carbocycles. The van der Waals surface area contributed by atoms with Crippen molar-refractivity contribution in [2.24, 2.45) is 0 Å². The lowest BCUT2D eigenvalue weighted by molar-refractivity contribution is 0.0958. The van der Waals surface area contributed by atoms with Gasteiger partial charge in [0.15, 0.2) is 11.2 Å². The van der Waals surface area contributed by atoms with Gasteiger partial charge in [-0.05, 0) is 48.7 Å². The summed E-state index contributed by atoms with van der Waals surface area (Å²) in [5.41, 5.74) is 2.94. The molecule has 0 N–H and O–H groups in total. The first-order valence-corrected chi connectivity index (χ1v) is 9.35. The number of fused-ring (bicyclic) bond motifs is 1. The van der Waals surface area contributed by atoms with Gasteiger partial charge in [-0.25, -0.2) is 4.98 Å². The van der Waals surface area contributed by atoms with Gasteiger partial charge in [-0.15, -0.1) is 0 Å². The smallest absolute Gasteiger partial charge is 0.295 e. The van der Waals surface area contributed by atoms with Gasteiger partial charge in [0.25, 0.3) is 5.91 Å². The van der Waals surface area contributed by atoms with Crippen molar-refractivity contribution in [3.63, 3.8) is 0 Å². The van der Waals surface area contributed by atoms with Crippen molar-refractivity contribution in [2.75, 3.05) is 4.90 Å². The number of anilines is 1. The summed E-state index contributed by atoms with van der Waals surface area (Å²) in [6, 6.07) is 20.0. The van der Waals surface area contributed by atoms with Crippen LogP contribution in [0.2, 0.25) is 0 Å². The Kier molecular flexibility index (Phi) is 4.96. The molecule has 2 heterocycles. The van der Waals surface area contributed by atoms with E-state index >= 15 is 0 Å². The summed E-state index contributed by atoms with van der Waals surface area (Å²) in [5, 5.41) is 0.478. The van der Waals surface area contributed by atoms with E-state index in [1.54, 1.807) is 24.4 Å². The highest BCUT2D eigenvalue weighted by molar-refractivity contribution is 6.04. The number of amides is 1. The monoisotopic (exact) mass is 384 g/mol. The third-order valence-corrected chi connectivity index (χ3v) is 4.72. The number of hydrogen-bond donors (Lipinski definition) is 0. The first-order chi connectivity index (χ1) is 14.0. The van der Waals surface area contributed by atoms with Crippen LogP contribution in [0, 0.1) is 13.8 Å². The molecule has 0 aliphatic heterocycles. The lowest BCUT2D eigenvalue weighted by atomic mass is 10.1. The lowest BCUT2D eigenvalue weighted by Crippen LogP contribution is -2.31. The van der Waals surface area contributed by atoms with Gasteiger partial charge < -0.3 is 4.42 Å². The molecule has 0 aliphatic carbocycles. The van der Waals surface area contributed by atoms with Gasteiger partial charge >= 0.3 is 0 Å². The van der Waals surface area contributed by atoms with Crippen LogP contribution in [0.3, 0.4) is 0 Å². The second-order valence-corrected chi connectivity index (χ2v) is 7.00. The van der Waals surface area contributed by atoms with Gasteiger partial charge in [0.1, 0.15) is 11.4 Å². The predicted octanol–water partition coefficient (Wildman–Crippen LogP) is 4.65. The van der Waals surface area contributed by atoms with Crippen LogP contribution in [0.5, 0.6) is 0 Å². The van der Waals surface area contributed by atoms with Crippen LogP contribution in [0.25, 0.3) is 11.0 Å². The van der Waals surface area contributed by atoms with Gasteiger partial charge in [0, 0.05) is 12.3 Å². The van der Waals surface area contributed by atoms with Crippen molar-refractivity contribution >= 4 is 22.7 Å². The normalized spacial score (nSPS) is 10.8. The average molecular weight is 384 g/mol. The Morgan fingerprint density at radius 3 is 2.48 bits per heavy atom. The fourth-order valence-corrected chi connectivity index (χ4v) is 3.38. The van der Waals surface area contributed by atoms with Crippen LogP contribution < -0.4 is 10.3 Å². The van der Waals surface area contributed by atoms with Crippen LogP contribution in [-0.2, 0) is 6.54 Å². The maximum absolute atomic E-state index is 13.4. The molecule has 0 spiro atoms. The Morgan fingerprint density at radius 1 is 1.00 bits per heavy atom. The highest BCUT2D eigenvalue weighted by Gasteiger charge is 2.23. The second kappa shape index (κ2) is 7.72. The van der Waals surface area contributed by atoms with Crippen molar-refractivity contribution in [3.8, 4) is 0 Å². The lowest BCUT2D eigenvalue weighted by Gasteiger charge is -2.21. The molecule has 2 aromatic heterocycles. The molecule has 4 rings (SSSR count). The molecule has 5 nitrogen and oxygen atoms in total. The summed E-state index contributed by atoms with van der Waals surface area (Å²) >= 11 is 0. The maximum Gasteiger partial charge on any atom is 0.295 e. The van der Waals surface area contributed by atoms with Crippen LogP contribution >= 0.6 is 0 Å². The molecule has 0 saturated heterocycles. The van der Waals surface area contributed by atoms with E-state index < -0.39 is 5.91 Å². The summed E-state index contributed by atoms with van der Waals surface area (Å²) in [5.74, 6) is 0.0762. The number of hydrogen-bond acceptors (Lipinski definition) is 4. The Labute approximate surface area is 168 Å². The Bertz CT molecular complexity index is 1230. The molecule has 4 aromatic rings. The summed E-state index contributed by atoms with van der Waals surface area (Å²) in [4.78, 5) is 31.9. The maximum atomic E-state index is 13.4. The van der Waals surface area contributed by atoms with E-state index in [1.807, 2.05) is 56.3 Å². The first-order valence-electron chi connectivity index (χ1n) is 9.35. The highest BCUT2D eigenvalue weighted by Crippen LogP contribution is 2.22. The van der Waals surface area contributed by atoms with E-state index in [-0.39, 0.29) is 11.2 Å². The zero-order chi connectivity index (χ0) is 20.4. The number of pyridine rings is 1. The molecule has 5 heteroatoms. The third-order valence-electron chi connectivity index (χ3n) is 4.72. The third kappa shape index (κ3) is 3.80. The topological polar surface area (TPSA) is 63.4 Å². The summed E-state index contributed by atoms with van der Waals surface area (Å²) in [6.07, 6.45) is 1.63. The summed E-state index contributed by atoms with van der Waals surface area (Å²) in [6.45, 7) is 4.10. The van der Waals surface area contributed by atoms with Gasteiger partial charge in [-0.1, -0.05) is 42.5 Å². The van der Waals surface area contributed by atoms with Crippen molar-refractivity contribution in [1.29, 1.82) is 0 Å². The molecule has 2 aromatic carbocycles. The van der Waals surface area contributed by atoms with Crippen LogP contribution in [0.15, 0.2) is 82.1 Å². The Hall–Kier alpha value is -3.73. The SMILES string of the molecule is Cc1cc(C)c2oc(C(=O)N(Cc3ccccc3)c3ccccn3)cc(=O)c2c1. The Morgan fingerprint density at radius 2 is 1.76 bits per heavy atom. The number of rotatable bonds is 4. The van der Waals surface area contributed by atoms with E-state index in [4.69, 9.17) is 4.42 Å². The molecule has 0 radical (unpaired) electrons. The predicted molar refractivity (Wildman–Crippen MR) is 113 cm³/mol. The Balaban J connectivity index is 1.81. The molecule has 0 atom stereocenters. The van der Waals surface area contributed by atoms with Gasteiger partial charge in [-0.2, -0.15) is 0 Å². The van der Waals surface area contributed by atoms with E-state index in [0.717, 1.165) is 16.7 Å². The van der Waals surface area contributed by atoms with Crippen LogP contribution in [0.1, 0.15) is 27.2 Å². The van der Waals surface area contributed by atoms with Gasteiger partial charge in [0.2, 0.25) is 0 Å². The number of aryl methyl sites for hydroxylation is 2. The number of nitrogens with zero attached hydrogens (tertiary/aromatic N) is 2. The van der Waals surface area contributed by atoms with Crippen molar-refractivity contribution in [1.82, 2.24) is 4.98 Å². The first kappa shape index (κ1) is 18.6. The molecule has 0 unspecified atom stereocenters. The zero-order valence-corrected chi connectivity index (χ0v) is 16.3. The standard InChI is InChI=1S/C24H20N2O3/c1-16-12-17(2)23-19(13-16)20(27)14-21(29-23)24(28)26(22-10-6-7-11-25-22)15-18-8-4-3-5-9-18/h3-14H,15H2,1-2H3. The molecular weight excluding hydrogens is 364 g/mol. The molecule has 0 fully saturated rings. The van der Waals surface area contributed by atoms with Gasteiger partial charge in [0.05, 0.1) is 11.9 Å². The minimum Gasteiger partial charge on any atom is -0.450 e. The van der Waals surface area contributed by atoms with Crippen molar-refractivity contribution < 1.29 is 9.21 Å². The van der Waals surface area contributed by atoms with E-state index in [2.05, 4.69) is 4.98 Å². The summed E-state index contributed by atoms with van der Waals surface area (Å²) < 4.78 is 5.91. The average Bonchev–Trinajstić information content (AvgIpc) is 2.73. The fourth-order valence-electron chi connectivity index (χ4n) is 3.38. The van der Waals surface area contributed by atoms with E-state index in [1.165, 1.54) is 11.0 Å². The minimum atomic E-state index is -0.411. The molecule has 0 aliphatic rings. The summed E-state index contributed by atoms with van der Waals surface area (Å²) in [7, 11) is 0.